The van der Waals surface area contributed by atoms with Gasteiger partial charge in [0.15, 0.2) is 15.4 Å². The summed E-state index contributed by atoms with van der Waals surface area (Å²) in [6.07, 6.45) is 0. The molecule has 1 heterocycles. The van der Waals surface area contributed by atoms with Gasteiger partial charge in [-0.05, 0) is 79.1 Å². The van der Waals surface area contributed by atoms with E-state index in [9.17, 15) is 21.6 Å². The molecular weight excluding hydrogens is 534 g/mol. The van der Waals surface area contributed by atoms with E-state index in [1.54, 1.807) is 36.4 Å². The van der Waals surface area contributed by atoms with Gasteiger partial charge in [-0.1, -0.05) is 59.7 Å². The van der Waals surface area contributed by atoms with Crippen molar-refractivity contribution in [1.29, 1.82) is 0 Å². The van der Waals surface area contributed by atoms with Crippen molar-refractivity contribution >= 4 is 36.6 Å². The van der Waals surface area contributed by atoms with Gasteiger partial charge in [0, 0.05) is 6.54 Å². The standard InChI is InChI=1S/C30H29NO6S2/c1-20-9-13-25(14-10-20)38(33,34)28-27-18-23-8-6-5-7-22(23)17-24(27)19-31(30(28,3)29(32)37-4)39(35,36)26-15-11-21(2)12-16-26/h5-18,28H,19H2,1-4H3/t28-,30-/m1/s1. The van der Waals surface area contributed by atoms with Crippen LogP contribution >= 0.6 is 0 Å². The maximum atomic E-state index is 14.5. The monoisotopic (exact) mass is 563 g/mol. The zero-order valence-electron chi connectivity index (χ0n) is 22.1. The summed E-state index contributed by atoms with van der Waals surface area (Å²) in [5.41, 5.74) is 0.490. The van der Waals surface area contributed by atoms with Crippen LogP contribution in [0.4, 0.5) is 0 Å². The van der Waals surface area contributed by atoms with Gasteiger partial charge in [-0.25, -0.2) is 21.6 Å². The van der Waals surface area contributed by atoms with Crippen LogP contribution in [0.1, 0.15) is 34.4 Å². The summed E-state index contributed by atoms with van der Waals surface area (Å²) in [5.74, 6) is -0.960. The molecule has 4 aromatic rings. The summed E-state index contributed by atoms with van der Waals surface area (Å²) < 4.78 is 63.4. The second-order valence-electron chi connectivity index (χ2n) is 10.1. The first-order valence-corrected chi connectivity index (χ1v) is 15.4. The Hall–Kier alpha value is -3.53. The molecule has 0 saturated heterocycles. The molecule has 0 radical (unpaired) electrons. The zero-order valence-corrected chi connectivity index (χ0v) is 23.7. The van der Waals surface area contributed by atoms with Gasteiger partial charge >= 0.3 is 5.97 Å². The van der Waals surface area contributed by atoms with Crippen molar-refractivity contribution < 1.29 is 26.4 Å². The first kappa shape index (κ1) is 27.1. The fourth-order valence-electron chi connectivity index (χ4n) is 5.36. The Morgan fingerprint density at radius 3 is 1.87 bits per heavy atom. The third kappa shape index (κ3) is 4.34. The lowest BCUT2D eigenvalue weighted by Crippen LogP contribution is -2.62. The van der Waals surface area contributed by atoms with Crippen molar-refractivity contribution in [2.24, 2.45) is 0 Å². The lowest BCUT2D eigenvalue weighted by Gasteiger charge is -2.46. The summed E-state index contributed by atoms with van der Waals surface area (Å²) in [6, 6.07) is 23.5. The normalized spacial score (nSPS) is 19.9. The molecule has 0 aromatic heterocycles. The predicted molar refractivity (Wildman–Crippen MR) is 149 cm³/mol. The molecule has 7 nitrogen and oxygen atoms in total. The van der Waals surface area contributed by atoms with E-state index >= 15 is 0 Å². The Morgan fingerprint density at radius 1 is 0.821 bits per heavy atom. The van der Waals surface area contributed by atoms with Crippen LogP contribution in [0.2, 0.25) is 0 Å². The van der Waals surface area contributed by atoms with Crippen molar-refractivity contribution in [3.63, 3.8) is 0 Å². The van der Waals surface area contributed by atoms with Gasteiger partial charge in [-0.15, -0.1) is 0 Å². The number of ether oxygens (including phenoxy) is 1. The predicted octanol–water partition coefficient (Wildman–Crippen LogP) is 5.11. The number of aryl methyl sites for hydroxylation is 2. The van der Waals surface area contributed by atoms with E-state index < -0.39 is 36.6 Å². The molecule has 5 rings (SSSR count). The first-order chi connectivity index (χ1) is 18.4. The summed E-state index contributed by atoms with van der Waals surface area (Å²) in [4.78, 5) is 13.6. The van der Waals surface area contributed by atoms with Gasteiger partial charge in [0.1, 0.15) is 5.25 Å². The number of benzene rings is 4. The van der Waals surface area contributed by atoms with Gasteiger partial charge in [-0.2, -0.15) is 4.31 Å². The fraction of sp³-hybridized carbons (Fsp3) is 0.233. The van der Waals surface area contributed by atoms with E-state index in [1.165, 1.54) is 31.2 Å². The molecule has 1 aliphatic heterocycles. The Morgan fingerprint density at radius 2 is 1.33 bits per heavy atom. The number of sulfone groups is 1. The summed E-state index contributed by atoms with van der Waals surface area (Å²) in [7, 11) is -7.53. The van der Waals surface area contributed by atoms with Crippen molar-refractivity contribution in [1.82, 2.24) is 4.31 Å². The van der Waals surface area contributed by atoms with Crippen LogP contribution < -0.4 is 0 Å². The third-order valence-electron chi connectivity index (χ3n) is 7.50. The maximum absolute atomic E-state index is 14.5. The summed E-state index contributed by atoms with van der Waals surface area (Å²) in [5, 5.41) is 0.0354. The van der Waals surface area contributed by atoms with Gasteiger partial charge in [-0.3, -0.25) is 0 Å². The molecule has 202 valence electrons. The number of rotatable bonds is 5. The van der Waals surface area contributed by atoms with E-state index in [2.05, 4.69) is 0 Å². The minimum absolute atomic E-state index is 0.0121. The highest BCUT2D eigenvalue weighted by molar-refractivity contribution is 7.92. The third-order valence-corrected chi connectivity index (χ3v) is 11.7. The first-order valence-electron chi connectivity index (χ1n) is 12.4. The number of nitrogens with zero attached hydrogens (tertiary/aromatic N) is 1. The van der Waals surface area contributed by atoms with Gasteiger partial charge < -0.3 is 4.74 Å². The lowest BCUT2D eigenvalue weighted by molar-refractivity contribution is -0.152. The van der Waals surface area contributed by atoms with Crippen LogP contribution in [0, 0.1) is 13.8 Å². The topological polar surface area (TPSA) is 97.8 Å². The van der Waals surface area contributed by atoms with Crippen LogP contribution in [-0.4, -0.2) is 39.8 Å². The van der Waals surface area contributed by atoms with E-state index in [0.29, 0.717) is 11.1 Å². The Balaban J connectivity index is 1.86. The number of hydrogen-bond donors (Lipinski definition) is 0. The van der Waals surface area contributed by atoms with Crippen LogP contribution in [0.15, 0.2) is 94.7 Å². The largest absolute Gasteiger partial charge is 0.468 e. The Bertz CT molecular complexity index is 1800. The summed E-state index contributed by atoms with van der Waals surface area (Å²) >= 11 is 0. The minimum atomic E-state index is -4.35. The number of fused-ring (bicyclic) bond motifs is 2. The highest BCUT2D eigenvalue weighted by Gasteiger charge is 2.61. The molecule has 1 aliphatic rings. The van der Waals surface area contributed by atoms with Crippen LogP contribution in [0.3, 0.4) is 0 Å². The van der Waals surface area contributed by atoms with Crippen molar-refractivity contribution in [3.8, 4) is 0 Å². The van der Waals surface area contributed by atoms with Crippen molar-refractivity contribution in [2.75, 3.05) is 7.11 Å². The number of carbonyl (C=O) groups excluding carboxylic acids is 1. The molecule has 0 amide bonds. The average Bonchev–Trinajstić information content (AvgIpc) is 2.91. The van der Waals surface area contributed by atoms with Crippen molar-refractivity contribution in [3.05, 3.63) is 107 Å². The molecule has 0 saturated carbocycles. The number of sulfonamides is 1. The molecule has 39 heavy (non-hydrogen) atoms. The van der Waals surface area contributed by atoms with E-state index in [1.807, 2.05) is 38.1 Å². The number of methoxy groups -OCH3 is 1. The molecule has 0 aliphatic carbocycles. The number of carbonyl (C=O) groups is 1. The van der Waals surface area contributed by atoms with E-state index in [-0.39, 0.29) is 16.3 Å². The quantitative estimate of drug-likeness (QED) is 0.313. The van der Waals surface area contributed by atoms with E-state index in [4.69, 9.17) is 4.74 Å². The molecule has 0 unspecified atom stereocenters. The molecule has 0 fully saturated rings. The van der Waals surface area contributed by atoms with Crippen LogP contribution in [0.5, 0.6) is 0 Å². The van der Waals surface area contributed by atoms with Gasteiger partial charge in [0.25, 0.3) is 0 Å². The average molecular weight is 564 g/mol. The van der Waals surface area contributed by atoms with E-state index in [0.717, 1.165) is 33.3 Å². The smallest absolute Gasteiger partial charge is 0.328 e. The second-order valence-corrected chi connectivity index (χ2v) is 14.0. The Labute approximate surface area is 229 Å². The van der Waals surface area contributed by atoms with Crippen molar-refractivity contribution in [2.45, 2.75) is 47.9 Å². The highest BCUT2D eigenvalue weighted by atomic mass is 32.2. The molecule has 2 atom stereocenters. The second kappa shape index (κ2) is 9.59. The lowest BCUT2D eigenvalue weighted by atomic mass is 9.84. The van der Waals surface area contributed by atoms with Gasteiger partial charge in [0.05, 0.1) is 16.9 Å². The molecule has 0 bridgehead atoms. The molecule has 0 N–H and O–H groups in total. The molecular formula is C30H29NO6S2. The molecule has 9 heteroatoms. The molecule has 4 aromatic carbocycles. The minimum Gasteiger partial charge on any atom is -0.468 e. The highest BCUT2D eigenvalue weighted by Crippen LogP contribution is 2.50. The molecule has 0 spiro atoms. The summed E-state index contributed by atoms with van der Waals surface area (Å²) in [6.45, 7) is 4.81. The maximum Gasteiger partial charge on any atom is 0.328 e. The Kier molecular flexibility index (Phi) is 6.65. The van der Waals surface area contributed by atoms with Gasteiger partial charge in [0.2, 0.25) is 10.0 Å². The number of esters is 1. The van der Waals surface area contributed by atoms with Crippen LogP contribution in [0.25, 0.3) is 10.8 Å². The van der Waals surface area contributed by atoms with Crippen LogP contribution in [-0.2, 0) is 35.9 Å². The SMILES string of the molecule is COC(=O)[C@@]1(C)[C@H](S(=O)(=O)c2ccc(C)cc2)c2cc3ccccc3cc2CN1S(=O)(=O)c1ccc(C)cc1. The number of hydrogen-bond acceptors (Lipinski definition) is 6. The zero-order chi connectivity index (χ0) is 28.2. The fourth-order valence-corrected chi connectivity index (χ4v) is 9.32.